The van der Waals surface area contributed by atoms with Crippen molar-refractivity contribution < 1.29 is 29.0 Å². The van der Waals surface area contributed by atoms with Gasteiger partial charge in [0.05, 0.1) is 18.9 Å². The zero-order valence-electron chi connectivity index (χ0n) is 16.5. The van der Waals surface area contributed by atoms with Gasteiger partial charge in [0.2, 0.25) is 5.91 Å². The second kappa shape index (κ2) is 9.43. The molecule has 0 bridgehead atoms. The van der Waals surface area contributed by atoms with Crippen LogP contribution >= 0.6 is 0 Å². The fourth-order valence-corrected chi connectivity index (χ4v) is 2.83. The van der Waals surface area contributed by atoms with E-state index in [9.17, 15) is 14.4 Å². The molecule has 1 aromatic rings. The van der Waals surface area contributed by atoms with Crippen molar-refractivity contribution in [2.75, 3.05) is 18.5 Å². The number of aliphatic carboxylic acids is 1. The number of hydrogen-bond donors (Lipinski definition) is 3. The highest BCUT2D eigenvalue weighted by Crippen LogP contribution is 2.30. The summed E-state index contributed by atoms with van der Waals surface area (Å²) in [5, 5.41) is 14.3. The SMILES string of the molecule is CC(C)(C)OC(=O)NCCCCOc1ccc2c(c1)NC(=O)C(CC(=O)O)C2. The molecular formula is C20H28N2O6. The standard InChI is InChI=1S/C20H28N2O6/c1-20(2,3)28-19(26)21-8-4-5-9-27-15-7-6-13-10-14(11-17(23)24)18(25)22-16(13)12-15/h6-7,12,14H,4-5,8-11H2,1-3H3,(H,21,26)(H,22,25)(H,23,24). The predicted molar refractivity (Wildman–Crippen MR) is 103 cm³/mol. The number of unbranched alkanes of at least 4 members (excludes halogenated alkanes) is 1. The van der Waals surface area contributed by atoms with Crippen molar-refractivity contribution in [3.05, 3.63) is 23.8 Å². The molecule has 2 rings (SSSR count). The number of amides is 2. The molecule has 28 heavy (non-hydrogen) atoms. The molecule has 8 nitrogen and oxygen atoms in total. The summed E-state index contributed by atoms with van der Waals surface area (Å²) < 4.78 is 10.9. The zero-order valence-corrected chi connectivity index (χ0v) is 16.5. The number of nitrogens with one attached hydrogen (secondary N) is 2. The summed E-state index contributed by atoms with van der Waals surface area (Å²) in [5.74, 6) is -1.17. The molecule has 0 spiro atoms. The monoisotopic (exact) mass is 392 g/mol. The first kappa shape index (κ1) is 21.5. The van der Waals surface area contributed by atoms with Crippen LogP contribution in [0.4, 0.5) is 10.5 Å². The maximum absolute atomic E-state index is 12.0. The topological polar surface area (TPSA) is 114 Å². The lowest BCUT2D eigenvalue weighted by atomic mass is 9.91. The van der Waals surface area contributed by atoms with Crippen LogP contribution < -0.4 is 15.4 Å². The van der Waals surface area contributed by atoms with E-state index in [1.807, 2.05) is 32.9 Å². The molecule has 8 heteroatoms. The average molecular weight is 392 g/mol. The Labute approximate surface area is 164 Å². The van der Waals surface area contributed by atoms with Crippen LogP contribution in [0.3, 0.4) is 0 Å². The number of rotatable bonds is 8. The van der Waals surface area contributed by atoms with Gasteiger partial charge in [-0.25, -0.2) is 4.79 Å². The Morgan fingerprint density at radius 1 is 1.29 bits per heavy atom. The number of carboxylic acids is 1. The van der Waals surface area contributed by atoms with E-state index >= 15 is 0 Å². The van der Waals surface area contributed by atoms with E-state index in [0.29, 0.717) is 31.0 Å². The van der Waals surface area contributed by atoms with Gasteiger partial charge in [0.25, 0.3) is 0 Å². The van der Waals surface area contributed by atoms with Gasteiger partial charge in [-0.3, -0.25) is 9.59 Å². The summed E-state index contributed by atoms with van der Waals surface area (Å²) >= 11 is 0. The van der Waals surface area contributed by atoms with Crippen LogP contribution in [0.1, 0.15) is 45.6 Å². The van der Waals surface area contributed by atoms with Gasteiger partial charge < -0.3 is 25.2 Å². The third-order valence-electron chi connectivity index (χ3n) is 4.11. The summed E-state index contributed by atoms with van der Waals surface area (Å²) in [6.45, 7) is 6.42. The first-order valence-corrected chi connectivity index (χ1v) is 9.39. The van der Waals surface area contributed by atoms with E-state index in [1.165, 1.54) is 0 Å². The molecule has 1 unspecified atom stereocenters. The maximum atomic E-state index is 12.0. The number of carbonyl (C=O) groups is 3. The summed E-state index contributed by atoms with van der Waals surface area (Å²) in [6, 6.07) is 5.42. The van der Waals surface area contributed by atoms with Crippen LogP contribution in [-0.4, -0.2) is 41.8 Å². The van der Waals surface area contributed by atoms with E-state index in [2.05, 4.69) is 10.6 Å². The zero-order chi connectivity index (χ0) is 20.7. The van der Waals surface area contributed by atoms with E-state index < -0.39 is 23.6 Å². The smallest absolute Gasteiger partial charge is 0.407 e. The largest absolute Gasteiger partial charge is 0.494 e. The molecule has 1 aliphatic heterocycles. The molecule has 0 aliphatic carbocycles. The van der Waals surface area contributed by atoms with Crippen LogP contribution in [0, 0.1) is 5.92 Å². The van der Waals surface area contributed by atoms with E-state index in [4.69, 9.17) is 14.6 Å². The Hall–Kier alpha value is -2.77. The Bertz CT molecular complexity index is 726. The van der Waals surface area contributed by atoms with Crippen molar-refractivity contribution in [3.8, 4) is 5.75 Å². The minimum Gasteiger partial charge on any atom is -0.494 e. The van der Waals surface area contributed by atoms with Gasteiger partial charge >= 0.3 is 12.1 Å². The highest BCUT2D eigenvalue weighted by atomic mass is 16.6. The summed E-state index contributed by atoms with van der Waals surface area (Å²) in [4.78, 5) is 34.4. The van der Waals surface area contributed by atoms with Gasteiger partial charge in [0.1, 0.15) is 11.4 Å². The molecular weight excluding hydrogens is 364 g/mol. The molecule has 1 aliphatic rings. The quantitative estimate of drug-likeness (QED) is 0.586. The second-order valence-corrected chi connectivity index (χ2v) is 7.79. The van der Waals surface area contributed by atoms with Gasteiger partial charge in [-0.15, -0.1) is 0 Å². The highest BCUT2D eigenvalue weighted by Gasteiger charge is 2.28. The van der Waals surface area contributed by atoms with Gasteiger partial charge in [-0.2, -0.15) is 0 Å². The number of carboxylic acid groups (broad SMARTS) is 1. The van der Waals surface area contributed by atoms with Crippen LogP contribution in [-0.2, 0) is 20.7 Å². The number of fused-ring (bicyclic) bond motifs is 1. The van der Waals surface area contributed by atoms with Crippen molar-refractivity contribution in [3.63, 3.8) is 0 Å². The minimum atomic E-state index is -0.982. The highest BCUT2D eigenvalue weighted by molar-refractivity contribution is 5.97. The fraction of sp³-hybridized carbons (Fsp3) is 0.550. The number of anilines is 1. The molecule has 0 saturated heterocycles. The molecule has 0 saturated carbocycles. The number of benzene rings is 1. The molecule has 2 amide bonds. The van der Waals surface area contributed by atoms with Crippen LogP contribution in [0.15, 0.2) is 18.2 Å². The van der Waals surface area contributed by atoms with Gasteiger partial charge in [-0.05, 0) is 51.7 Å². The average Bonchev–Trinajstić information content (AvgIpc) is 2.56. The Kier molecular flexibility index (Phi) is 7.25. The Balaban J connectivity index is 1.72. The second-order valence-electron chi connectivity index (χ2n) is 7.79. The number of carbonyl (C=O) groups excluding carboxylic acids is 2. The molecule has 1 heterocycles. The number of ether oxygens (including phenoxy) is 2. The lowest BCUT2D eigenvalue weighted by Crippen LogP contribution is -2.33. The van der Waals surface area contributed by atoms with E-state index in [0.717, 1.165) is 18.4 Å². The normalized spacial score (nSPS) is 16.0. The maximum Gasteiger partial charge on any atom is 0.407 e. The first-order chi connectivity index (χ1) is 13.1. The molecule has 1 aromatic carbocycles. The van der Waals surface area contributed by atoms with Crippen molar-refractivity contribution in [1.29, 1.82) is 0 Å². The fourth-order valence-electron chi connectivity index (χ4n) is 2.83. The number of alkyl carbamates (subject to hydrolysis) is 1. The van der Waals surface area contributed by atoms with Gasteiger partial charge in [0.15, 0.2) is 0 Å². The molecule has 3 N–H and O–H groups in total. The molecule has 0 radical (unpaired) electrons. The molecule has 0 fully saturated rings. The summed E-state index contributed by atoms with van der Waals surface area (Å²) in [5.41, 5.74) is 1.05. The lowest BCUT2D eigenvalue weighted by Gasteiger charge is -2.24. The Morgan fingerprint density at radius 3 is 2.71 bits per heavy atom. The molecule has 154 valence electrons. The van der Waals surface area contributed by atoms with E-state index in [1.54, 1.807) is 6.07 Å². The predicted octanol–water partition coefficient (Wildman–Crippen LogP) is 2.96. The van der Waals surface area contributed by atoms with Crippen LogP contribution in [0.5, 0.6) is 5.75 Å². The van der Waals surface area contributed by atoms with Crippen molar-refractivity contribution in [2.24, 2.45) is 5.92 Å². The van der Waals surface area contributed by atoms with Gasteiger partial charge in [-0.1, -0.05) is 6.07 Å². The van der Waals surface area contributed by atoms with Crippen LogP contribution in [0.25, 0.3) is 0 Å². The lowest BCUT2D eigenvalue weighted by molar-refractivity contribution is -0.140. The Morgan fingerprint density at radius 2 is 2.04 bits per heavy atom. The molecule has 1 atom stereocenters. The van der Waals surface area contributed by atoms with Crippen molar-refractivity contribution in [2.45, 2.75) is 52.1 Å². The third kappa shape index (κ3) is 7.09. The third-order valence-corrected chi connectivity index (χ3v) is 4.11. The summed E-state index contributed by atoms with van der Waals surface area (Å²) in [6.07, 6.45) is 1.29. The summed E-state index contributed by atoms with van der Waals surface area (Å²) in [7, 11) is 0. The molecule has 0 aromatic heterocycles. The first-order valence-electron chi connectivity index (χ1n) is 9.39. The van der Waals surface area contributed by atoms with Gasteiger partial charge in [0, 0.05) is 18.3 Å². The van der Waals surface area contributed by atoms with Crippen molar-refractivity contribution >= 4 is 23.7 Å². The van der Waals surface area contributed by atoms with E-state index in [-0.39, 0.29) is 12.3 Å². The van der Waals surface area contributed by atoms with Crippen LogP contribution in [0.2, 0.25) is 0 Å². The minimum absolute atomic E-state index is 0.180. The van der Waals surface area contributed by atoms with Crippen molar-refractivity contribution in [1.82, 2.24) is 5.32 Å². The number of hydrogen-bond acceptors (Lipinski definition) is 5.